The van der Waals surface area contributed by atoms with Gasteiger partial charge in [0.1, 0.15) is 0 Å². The van der Waals surface area contributed by atoms with Crippen LogP contribution >= 0.6 is 11.6 Å². The highest BCUT2D eigenvalue weighted by molar-refractivity contribution is 6.33. The summed E-state index contributed by atoms with van der Waals surface area (Å²) in [4.78, 5) is 22.6. The van der Waals surface area contributed by atoms with E-state index in [2.05, 4.69) is 10.6 Å². The van der Waals surface area contributed by atoms with Gasteiger partial charge in [-0.1, -0.05) is 41.9 Å². The van der Waals surface area contributed by atoms with Gasteiger partial charge in [0.25, 0.3) is 0 Å². The van der Waals surface area contributed by atoms with E-state index in [4.69, 9.17) is 11.6 Å². The number of carboxylic acids is 1. The third-order valence-electron chi connectivity index (χ3n) is 2.97. The molecule has 0 radical (unpaired) electrons. The minimum absolute atomic E-state index is 0.253. The summed E-state index contributed by atoms with van der Waals surface area (Å²) < 4.78 is 0. The zero-order valence-electron chi connectivity index (χ0n) is 11.8. The van der Waals surface area contributed by atoms with Crippen LogP contribution in [0.1, 0.15) is 18.5 Å². The third-order valence-corrected chi connectivity index (χ3v) is 3.30. The number of amides is 1. The van der Waals surface area contributed by atoms with Crippen LogP contribution in [0.3, 0.4) is 0 Å². The number of nitrogens with one attached hydrogen (secondary N) is 2. The van der Waals surface area contributed by atoms with Crippen molar-refractivity contribution in [2.45, 2.75) is 13.0 Å². The first-order valence-electron chi connectivity index (χ1n) is 6.59. The minimum atomic E-state index is -0.998. The molecule has 0 aromatic heterocycles. The van der Waals surface area contributed by atoms with Crippen LogP contribution < -0.4 is 10.6 Å². The van der Waals surface area contributed by atoms with Gasteiger partial charge in [0.05, 0.1) is 10.7 Å². The molecule has 6 heteroatoms. The van der Waals surface area contributed by atoms with Crippen LogP contribution in [0.25, 0.3) is 0 Å². The molecule has 0 fully saturated rings. The highest BCUT2D eigenvalue weighted by Crippen LogP contribution is 2.28. The fourth-order valence-corrected chi connectivity index (χ4v) is 2.17. The van der Waals surface area contributed by atoms with E-state index in [-0.39, 0.29) is 5.91 Å². The van der Waals surface area contributed by atoms with Gasteiger partial charge in [-0.05, 0) is 23.8 Å². The summed E-state index contributed by atoms with van der Waals surface area (Å²) in [5, 5.41) is 15.3. The predicted molar refractivity (Wildman–Crippen MR) is 86.2 cm³/mol. The minimum Gasteiger partial charge on any atom is -0.479 e. The molecule has 0 aliphatic heterocycles. The Morgan fingerprint density at radius 3 is 2.41 bits per heavy atom. The van der Waals surface area contributed by atoms with Gasteiger partial charge in [0.2, 0.25) is 5.91 Å². The van der Waals surface area contributed by atoms with Gasteiger partial charge in [0, 0.05) is 12.6 Å². The van der Waals surface area contributed by atoms with Crippen molar-refractivity contribution in [3.05, 3.63) is 59.1 Å². The summed E-state index contributed by atoms with van der Waals surface area (Å²) in [6, 6.07) is 12.8. The molecule has 1 unspecified atom stereocenters. The van der Waals surface area contributed by atoms with Gasteiger partial charge in [-0.15, -0.1) is 0 Å². The smallest absolute Gasteiger partial charge is 0.330 e. The van der Waals surface area contributed by atoms with E-state index in [1.165, 1.54) is 6.92 Å². The van der Waals surface area contributed by atoms with E-state index < -0.39 is 12.0 Å². The maximum absolute atomic E-state index is 11.5. The Hall–Kier alpha value is -2.53. The normalized spacial score (nSPS) is 11.5. The number of carbonyl (C=O) groups is 2. The second-order valence-electron chi connectivity index (χ2n) is 4.70. The molecule has 0 bridgehead atoms. The maximum Gasteiger partial charge on any atom is 0.330 e. The Balaban J connectivity index is 2.27. The molecule has 0 saturated carbocycles. The predicted octanol–water partition coefficient (Wildman–Crippen LogP) is 3.54. The van der Waals surface area contributed by atoms with E-state index in [0.29, 0.717) is 22.0 Å². The molecule has 5 nitrogen and oxygen atoms in total. The number of halogens is 1. The molecule has 0 heterocycles. The maximum atomic E-state index is 11.5. The summed E-state index contributed by atoms with van der Waals surface area (Å²) in [7, 11) is 0. The van der Waals surface area contributed by atoms with Gasteiger partial charge in [-0.2, -0.15) is 0 Å². The third kappa shape index (κ3) is 3.99. The largest absolute Gasteiger partial charge is 0.479 e. The monoisotopic (exact) mass is 318 g/mol. The molecule has 2 aromatic carbocycles. The lowest BCUT2D eigenvalue weighted by Gasteiger charge is -2.17. The Morgan fingerprint density at radius 2 is 1.82 bits per heavy atom. The summed E-state index contributed by atoms with van der Waals surface area (Å²) in [5.41, 5.74) is 1.60. The average molecular weight is 319 g/mol. The highest BCUT2D eigenvalue weighted by Gasteiger charge is 2.19. The second-order valence-corrected chi connectivity index (χ2v) is 5.11. The number of anilines is 2. The van der Waals surface area contributed by atoms with Crippen LogP contribution in [0.2, 0.25) is 5.02 Å². The Kier molecular flexibility index (Phi) is 5.01. The van der Waals surface area contributed by atoms with Crippen LogP contribution in [0, 0.1) is 0 Å². The number of carboxylic acid groups (broad SMARTS) is 1. The van der Waals surface area contributed by atoms with Crippen LogP contribution in [0.4, 0.5) is 11.4 Å². The summed E-state index contributed by atoms with van der Waals surface area (Å²) in [6.45, 7) is 1.38. The zero-order chi connectivity index (χ0) is 16.1. The Labute approximate surface area is 132 Å². The molecule has 114 valence electrons. The van der Waals surface area contributed by atoms with Crippen molar-refractivity contribution in [1.29, 1.82) is 0 Å². The van der Waals surface area contributed by atoms with Gasteiger partial charge in [-0.3, -0.25) is 4.79 Å². The van der Waals surface area contributed by atoms with Gasteiger partial charge < -0.3 is 15.7 Å². The quantitative estimate of drug-likeness (QED) is 0.788. The number of aliphatic carboxylic acids is 1. The van der Waals surface area contributed by atoms with Crippen LogP contribution in [0.15, 0.2) is 48.5 Å². The molecule has 22 heavy (non-hydrogen) atoms. The summed E-state index contributed by atoms with van der Waals surface area (Å²) in [5.74, 6) is -1.25. The van der Waals surface area contributed by atoms with Gasteiger partial charge >= 0.3 is 5.97 Å². The first kappa shape index (κ1) is 15.9. The van der Waals surface area contributed by atoms with E-state index in [9.17, 15) is 14.7 Å². The Morgan fingerprint density at radius 1 is 1.14 bits per heavy atom. The number of carbonyl (C=O) groups excluding carboxylic acids is 1. The molecule has 2 rings (SSSR count). The lowest BCUT2D eigenvalue weighted by molar-refractivity contribution is -0.138. The molecule has 0 spiro atoms. The first-order chi connectivity index (χ1) is 10.5. The number of rotatable bonds is 5. The van der Waals surface area contributed by atoms with Crippen LogP contribution in [-0.4, -0.2) is 17.0 Å². The molecule has 0 saturated heterocycles. The van der Waals surface area contributed by atoms with E-state index in [1.807, 2.05) is 6.07 Å². The van der Waals surface area contributed by atoms with Crippen LogP contribution in [-0.2, 0) is 9.59 Å². The van der Waals surface area contributed by atoms with Crippen molar-refractivity contribution < 1.29 is 14.7 Å². The molecule has 1 amide bonds. The van der Waals surface area contributed by atoms with Crippen molar-refractivity contribution in [1.82, 2.24) is 0 Å². The molecule has 0 aliphatic rings. The van der Waals surface area contributed by atoms with Crippen molar-refractivity contribution in [2.24, 2.45) is 0 Å². The van der Waals surface area contributed by atoms with Gasteiger partial charge in [-0.25, -0.2) is 4.79 Å². The standard InChI is InChI=1S/C16H15ClN2O3/c1-10(20)18-14-9-12(7-8-13(14)17)19-15(16(21)22)11-5-3-2-4-6-11/h2-9,15,19H,1H3,(H,18,20)(H,21,22). The highest BCUT2D eigenvalue weighted by atomic mass is 35.5. The fraction of sp³-hybridized carbons (Fsp3) is 0.125. The van der Waals surface area contributed by atoms with Gasteiger partial charge in [0.15, 0.2) is 6.04 Å². The lowest BCUT2D eigenvalue weighted by Crippen LogP contribution is -2.20. The zero-order valence-corrected chi connectivity index (χ0v) is 12.6. The number of benzene rings is 2. The molecule has 1 atom stereocenters. The molecule has 2 aromatic rings. The van der Waals surface area contributed by atoms with Crippen molar-refractivity contribution in [3.63, 3.8) is 0 Å². The second kappa shape index (κ2) is 6.95. The van der Waals surface area contributed by atoms with Crippen LogP contribution in [0.5, 0.6) is 0 Å². The fourth-order valence-electron chi connectivity index (χ4n) is 2.00. The van der Waals surface area contributed by atoms with E-state index in [1.54, 1.807) is 42.5 Å². The average Bonchev–Trinajstić information content (AvgIpc) is 2.48. The molecular weight excluding hydrogens is 304 g/mol. The Bertz CT molecular complexity index is 689. The molecule has 3 N–H and O–H groups in total. The SMILES string of the molecule is CC(=O)Nc1cc(NC(C(=O)O)c2ccccc2)ccc1Cl. The lowest BCUT2D eigenvalue weighted by atomic mass is 10.1. The van der Waals surface area contributed by atoms with Crippen molar-refractivity contribution >= 4 is 34.9 Å². The van der Waals surface area contributed by atoms with E-state index in [0.717, 1.165) is 0 Å². The number of hydrogen-bond donors (Lipinski definition) is 3. The topological polar surface area (TPSA) is 78.4 Å². The molecular formula is C16H15ClN2O3. The summed E-state index contributed by atoms with van der Waals surface area (Å²) >= 11 is 6.00. The summed E-state index contributed by atoms with van der Waals surface area (Å²) in [6.07, 6.45) is 0. The van der Waals surface area contributed by atoms with E-state index >= 15 is 0 Å². The first-order valence-corrected chi connectivity index (χ1v) is 6.96. The van der Waals surface area contributed by atoms with Crippen molar-refractivity contribution in [3.8, 4) is 0 Å². The number of hydrogen-bond acceptors (Lipinski definition) is 3. The molecule has 0 aliphatic carbocycles. The van der Waals surface area contributed by atoms with Crippen molar-refractivity contribution in [2.75, 3.05) is 10.6 Å².